The Morgan fingerprint density at radius 2 is 2.26 bits per heavy atom. The quantitative estimate of drug-likeness (QED) is 0.758. The topological polar surface area (TPSA) is 83.8 Å². The largest absolute Gasteiger partial charge is 0.389 e. The molecule has 0 spiro atoms. The third kappa shape index (κ3) is 2.91. The zero-order valence-corrected chi connectivity index (χ0v) is 11.6. The molecule has 1 amide bonds. The van der Waals surface area contributed by atoms with E-state index in [1.54, 1.807) is 25.1 Å². The van der Waals surface area contributed by atoms with Crippen LogP contribution in [0.25, 0.3) is 0 Å². The van der Waals surface area contributed by atoms with E-state index in [-0.39, 0.29) is 10.9 Å². The first-order valence-electron chi connectivity index (χ1n) is 5.39. The van der Waals surface area contributed by atoms with E-state index in [0.29, 0.717) is 27.5 Å². The first kappa shape index (κ1) is 13.5. The van der Waals surface area contributed by atoms with Gasteiger partial charge in [-0.3, -0.25) is 9.89 Å². The van der Waals surface area contributed by atoms with E-state index in [4.69, 9.17) is 29.6 Å². The maximum atomic E-state index is 12.0. The van der Waals surface area contributed by atoms with E-state index in [1.807, 2.05) is 0 Å². The van der Waals surface area contributed by atoms with E-state index in [9.17, 15) is 4.79 Å². The van der Waals surface area contributed by atoms with Crippen molar-refractivity contribution in [3.8, 4) is 0 Å². The molecule has 98 valence electrons. The number of amides is 1. The summed E-state index contributed by atoms with van der Waals surface area (Å²) in [4.78, 5) is 12.2. The number of nitrogens with zero attached hydrogens (tertiary/aromatic N) is 1. The van der Waals surface area contributed by atoms with Crippen LogP contribution in [-0.4, -0.2) is 21.1 Å². The number of nitrogens with two attached hydrogens (primary N) is 1. The zero-order valence-electron chi connectivity index (χ0n) is 10.0. The molecule has 5 nitrogen and oxygen atoms in total. The molecule has 2 aromatic rings. The number of aromatic amines is 1. The number of rotatable bonds is 3. The number of aryl methyl sites for hydroxylation is 1. The van der Waals surface area contributed by atoms with Crippen molar-refractivity contribution in [3.05, 3.63) is 46.2 Å². The number of H-pyrrole nitrogens is 1. The van der Waals surface area contributed by atoms with Crippen molar-refractivity contribution < 1.29 is 4.79 Å². The maximum absolute atomic E-state index is 12.0. The Morgan fingerprint density at radius 3 is 2.79 bits per heavy atom. The fourth-order valence-electron chi connectivity index (χ4n) is 1.54. The molecule has 0 unspecified atom stereocenters. The van der Waals surface area contributed by atoms with Gasteiger partial charge in [0.15, 0.2) is 0 Å². The first-order chi connectivity index (χ1) is 8.99. The number of benzene rings is 1. The fourth-order valence-corrected chi connectivity index (χ4v) is 1.89. The lowest BCUT2D eigenvalue weighted by Crippen LogP contribution is -2.14. The van der Waals surface area contributed by atoms with Crippen molar-refractivity contribution in [2.24, 2.45) is 5.73 Å². The molecule has 1 heterocycles. The minimum Gasteiger partial charge on any atom is -0.389 e. The standard InChI is InChI=1S/C12H11ClN4OS/c1-6-8(5-15-17-6)12(18)16-10-3-2-7(11(14)19)4-9(10)13/h2-5H,1H3,(H2,14,19)(H,15,17)(H,16,18). The first-order valence-corrected chi connectivity index (χ1v) is 6.18. The molecule has 1 aromatic carbocycles. The lowest BCUT2D eigenvalue weighted by Gasteiger charge is -2.08. The summed E-state index contributed by atoms with van der Waals surface area (Å²) in [6.45, 7) is 1.76. The molecule has 19 heavy (non-hydrogen) atoms. The van der Waals surface area contributed by atoms with Crippen molar-refractivity contribution in [1.82, 2.24) is 10.2 Å². The molecule has 0 bridgehead atoms. The van der Waals surface area contributed by atoms with E-state index < -0.39 is 0 Å². The zero-order chi connectivity index (χ0) is 14.0. The van der Waals surface area contributed by atoms with E-state index in [0.717, 1.165) is 0 Å². The Bertz CT molecular complexity index is 653. The van der Waals surface area contributed by atoms with Crippen LogP contribution in [0.5, 0.6) is 0 Å². The van der Waals surface area contributed by atoms with Crippen LogP contribution in [0, 0.1) is 6.92 Å². The van der Waals surface area contributed by atoms with Crippen LogP contribution in [0.1, 0.15) is 21.6 Å². The lowest BCUT2D eigenvalue weighted by atomic mass is 10.2. The van der Waals surface area contributed by atoms with Gasteiger partial charge in [0.05, 0.1) is 22.5 Å². The monoisotopic (exact) mass is 294 g/mol. The van der Waals surface area contributed by atoms with E-state index in [2.05, 4.69) is 15.5 Å². The van der Waals surface area contributed by atoms with Crippen LogP contribution >= 0.6 is 23.8 Å². The summed E-state index contributed by atoms with van der Waals surface area (Å²) in [6.07, 6.45) is 1.46. The summed E-state index contributed by atoms with van der Waals surface area (Å²) in [5.74, 6) is -0.281. The van der Waals surface area contributed by atoms with Crippen molar-refractivity contribution in [3.63, 3.8) is 0 Å². The molecular formula is C12H11ClN4OS. The number of hydrogen-bond donors (Lipinski definition) is 3. The molecule has 0 fully saturated rings. The molecule has 4 N–H and O–H groups in total. The fraction of sp³-hybridized carbons (Fsp3) is 0.0833. The Labute approximate surface area is 120 Å². The van der Waals surface area contributed by atoms with Crippen molar-refractivity contribution >= 4 is 40.4 Å². The highest BCUT2D eigenvalue weighted by atomic mass is 35.5. The Kier molecular flexibility index (Phi) is 3.82. The van der Waals surface area contributed by atoms with Gasteiger partial charge in [-0.15, -0.1) is 0 Å². The molecule has 0 aliphatic heterocycles. The number of nitrogens with one attached hydrogen (secondary N) is 2. The summed E-state index contributed by atoms with van der Waals surface area (Å²) >= 11 is 10.9. The highest BCUT2D eigenvalue weighted by Crippen LogP contribution is 2.23. The van der Waals surface area contributed by atoms with Crippen LogP contribution in [-0.2, 0) is 0 Å². The van der Waals surface area contributed by atoms with Gasteiger partial charge >= 0.3 is 0 Å². The highest BCUT2D eigenvalue weighted by Gasteiger charge is 2.13. The summed E-state index contributed by atoms with van der Waals surface area (Å²) in [7, 11) is 0. The van der Waals surface area contributed by atoms with Crippen LogP contribution in [0.4, 0.5) is 5.69 Å². The number of carbonyl (C=O) groups is 1. The minimum absolute atomic E-state index is 0.255. The van der Waals surface area contributed by atoms with Gasteiger partial charge < -0.3 is 11.1 Å². The van der Waals surface area contributed by atoms with Gasteiger partial charge in [-0.2, -0.15) is 5.10 Å². The van der Waals surface area contributed by atoms with Gasteiger partial charge in [-0.25, -0.2) is 0 Å². The SMILES string of the molecule is Cc1[nH]ncc1C(=O)Nc1ccc(C(N)=S)cc1Cl. The molecule has 1 aromatic heterocycles. The minimum atomic E-state index is -0.281. The van der Waals surface area contributed by atoms with Gasteiger partial charge in [0.1, 0.15) is 4.99 Å². The van der Waals surface area contributed by atoms with Crippen molar-refractivity contribution in [1.29, 1.82) is 0 Å². The molecule has 0 aliphatic rings. The summed E-state index contributed by atoms with van der Waals surface area (Å²) < 4.78 is 0. The van der Waals surface area contributed by atoms with Crippen LogP contribution < -0.4 is 11.1 Å². The van der Waals surface area contributed by atoms with Crippen LogP contribution in [0.15, 0.2) is 24.4 Å². The highest BCUT2D eigenvalue weighted by molar-refractivity contribution is 7.80. The summed E-state index contributed by atoms with van der Waals surface area (Å²) in [5, 5.41) is 9.57. The second kappa shape index (κ2) is 5.38. The van der Waals surface area contributed by atoms with Crippen molar-refractivity contribution in [2.45, 2.75) is 6.92 Å². The molecule has 0 atom stereocenters. The van der Waals surface area contributed by atoms with Crippen molar-refractivity contribution in [2.75, 3.05) is 5.32 Å². The molecule has 0 saturated heterocycles. The maximum Gasteiger partial charge on any atom is 0.259 e. The third-order valence-electron chi connectivity index (χ3n) is 2.58. The van der Waals surface area contributed by atoms with Crippen LogP contribution in [0.3, 0.4) is 0 Å². The molecule has 0 saturated carbocycles. The lowest BCUT2D eigenvalue weighted by molar-refractivity contribution is 0.102. The average Bonchev–Trinajstić information content (AvgIpc) is 2.77. The number of aromatic nitrogens is 2. The number of carbonyl (C=O) groups excluding carboxylic acids is 1. The van der Waals surface area contributed by atoms with Gasteiger partial charge in [0.25, 0.3) is 5.91 Å². The van der Waals surface area contributed by atoms with E-state index in [1.165, 1.54) is 6.20 Å². The number of thiocarbonyl (C=S) groups is 1. The Balaban J connectivity index is 2.23. The van der Waals surface area contributed by atoms with Gasteiger partial charge in [-0.05, 0) is 25.1 Å². The molecule has 0 aliphatic carbocycles. The number of hydrogen-bond acceptors (Lipinski definition) is 3. The molecule has 0 radical (unpaired) electrons. The number of anilines is 1. The Hall–Kier alpha value is -1.92. The smallest absolute Gasteiger partial charge is 0.259 e. The summed E-state index contributed by atoms with van der Waals surface area (Å²) in [5.41, 5.74) is 7.80. The molecule has 2 rings (SSSR count). The predicted molar refractivity (Wildman–Crippen MR) is 78.6 cm³/mol. The second-order valence-corrected chi connectivity index (χ2v) is 4.77. The third-order valence-corrected chi connectivity index (χ3v) is 3.12. The van der Waals surface area contributed by atoms with Crippen LogP contribution in [0.2, 0.25) is 5.02 Å². The normalized spacial score (nSPS) is 10.2. The second-order valence-electron chi connectivity index (χ2n) is 3.92. The number of halogens is 1. The summed E-state index contributed by atoms with van der Waals surface area (Å²) in [6, 6.07) is 4.97. The van der Waals surface area contributed by atoms with Gasteiger partial charge in [0.2, 0.25) is 0 Å². The predicted octanol–water partition coefficient (Wildman–Crippen LogP) is 2.26. The molecule has 7 heteroatoms. The average molecular weight is 295 g/mol. The van der Waals surface area contributed by atoms with Gasteiger partial charge in [-0.1, -0.05) is 23.8 Å². The molecular weight excluding hydrogens is 284 g/mol. The van der Waals surface area contributed by atoms with E-state index >= 15 is 0 Å². The van der Waals surface area contributed by atoms with Gasteiger partial charge in [0, 0.05) is 11.3 Å². The Morgan fingerprint density at radius 1 is 1.53 bits per heavy atom.